The van der Waals surface area contributed by atoms with Crippen LogP contribution in [0.15, 0.2) is 48.0 Å². The van der Waals surface area contributed by atoms with Crippen LogP contribution in [0.5, 0.6) is 5.75 Å². The summed E-state index contributed by atoms with van der Waals surface area (Å²) in [7, 11) is 1.52. The SMILES string of the molecule is COc1c(C(=O)N2CCC(c3nc(C)ccc3C(=O)NCCc3c[nH]c4ccccc34)CC2)csc1Cl. The van der Waals surface area contributed by atoms with Gasteiger partial charge in [-0.3, -0.25) is 14.6 Å². The number of aromatic amines is 1. The number of rotatable bonds is 7. The minimum atomic E-state index is -0.113. The summed E-state index contributed by atoms with van der Waals surface area (Å²) in [4.78, 5) is 36.1. The third-order valence-electron chi connectivity index (χ3n) is 6.97. The van der Waals surface area contributed by atoms with E-state index in [2.05, 4.69) is 16.4 Å². The normalized spacial score (nSPS) is 14.2. The summed E-state index contributed by atoms with van der Waals surface area (Å²) in [5, 5.41) is 6.01. The molecule has 2 amide bonds. The number of H-pyrrole nitrogens is 1. The fourth-order valence-electron chi connectivity index (χ4n) is 5.01. The van der Waals surface area contributed by atoms with E-state index >= 15 is 0 Å². The van der Waals surface area contributed by atoms with Crippen molar-refractivity contribution in [2.75, 3.05) is 26.7 Å². The maximum Gasteiger partial charge on any atom is 0.258 e. The molecule has 4 heterocycles. The van der Waals surface area contributed by atoms with Gasteiger partial charge in [-0.25, -0.2) is 0 Å². The number of thiophene rings is 1. The van der Waals surface area contributed by atoms with Gasteiger partial charge >= 0.3 is 0 Å². The fourth-order valence-corrected chi connectivity index (χ4v) is 6.05. The molecule has 1 aliphatic heterocycles. The molecule has 2 N–H and O–H groups in total. The molecule has 4 aromatic rings. The summed E-state index contributed by atoms with van der Waals surface area (Å²) in [6.07, 6.45) is 4.21. The van der Waals surface area contributed by atoms with Crippen LogP contribution in [0.2, 0.25) is 4.34 Å². The summed E-state index contributed by atoms with van der Waals surface area (Å²) in [5.41, 5.74) is 5.08. The zero-order chi connectivity index (χ0) is 25.9. The number of hydrogen-bond donors (Lipinski definition) is 2. The quantitative estimate of drug-likeness (QED) is 0.322. The van der Waals surface area contributed by atoms with Gasteiger partial charge in [0.1, 0.15) is 4.34 Å². The van der Waals surface area contributed by atoms with Crippen molar-refractivity contribution in [3.8, 4) is 5.75 Å². The van der Waals surface area contributed by atoms with Crippen molar-refractivity contribution >= 4 is 45.7 Å². The predicted molar refractivity (Wildman–Crippen MR) is 147 cm³/mol. The standard InChI is InChI=1S/C28H29ClN4O3S/c1-17-7-8-21(27(34)30-12-9-19-15-31-23-6-4-3-5-20(19)23)24(32-17)18-10-13-33(14-11-18)28(35)22-16-37-26(29)25(22)36-2/h3-8,15-16,18,31H,9-14H2,1-2H3,(H,30,34). The second-order valence-electron chi connectivity index (χ2n) is 9.27. The van der Waals surface area contributed by atoms with Crippen LogP contribution in [0.1, 0.15) is 56.4 Å². The number of aromatic nitrogens is 2. The highest BCUT2D eigenvalue weighted by Crippen LogP contribution is 2.37. The number of nitrogens with zero attached hydrogens (tertiary/aromatic N) is 2. The van der Waals surface area contributed by atoms with Gasteiger partial charge in [-0.15, -0.1) is 11.3 Å². The molecule has 192 valence electrons. The number of fused-ring (bicyclic) bond motifs is 1. The molecule has 3 aromatic heterocycles. The number of benzene rings is 1. The van der Waals surface area contributed by atoms with Crippen molar-refractivity contribution in [3.63, 3.8) is 0 Å². The molecule has 0 atom stereocenters. The number of amides is 2. The zero-order valence-corrected chi connectivity index (χ0v) is 22.4. The lowest BCUT2D eigenvalue weighted by Gasteiger charge is -2.32. The second kappa shape index (κ2) is 10.9. The molecule has 7 nitrogen and oxygen atoms in total. The molecule has 1 fully saturated rings. The van der Waals surface area contributed by atoms with E-state index in [-0.39, 0.29) is 17.7 Å². The van der Waals surface area contributed by atoms with Gasteiger partial charge in [-0.1, -0.05) is 29.8 Å². The van der Waals surface area contributed by atoms with Crippen LogP contribution >= 0.6 is 22.9 Å². The molecule has 37 heavy (non-hydrogen) atoms. The Bertz CT molecular complexity index is 1440. The lowest BCUT2D eigenvalue weighted by molar-refractivity contribution is 0.0708. The van der Waals surface area contributed by atoms with Gasteiger partial charge < -0.3 is 19.9 Å². The molecule has 0 radical (unpaired) electrons. The number of ether oxygens (including phenoxy) is 1. The van der Waals surface area contributed by atoms with Crippen LogP contribution in [-0.2, 0) is 6.42 Å². The van der Waals surface area contributed by atoms with Crippen molar-refractivity contribution in [2.45, 2.75) is 32.1 Å². The van der Waals surface area contributed by atoms with Crippen LogP contribution in [0.3, 0.4) is 0 Å². The van der Waals surface area contributed by atoms with Crippen molar-refractivity contribution in [1.29, 1.82) is 0 Å². The monoisotopic (exact) mass is 536 g/mol. The van der Waals surface area contributed by atoms with Crippen molar-refractivity contribution in [3.05, 3.63) is 80.4 Å². The Hall–Kier alpha value is -3.36. The van der Waals surface area contributed by atoms with Crippen LogP contribution in [-0.4, -0.2) is 53.4 Å². The van der Waals surface area contributed by atoms with Gasteiger partial charge in [0, 0.05) is 53.7 Å². The Balaban J connectivity index is 1.24. The summed E-state index contributed by atoms with van der Waals surface area (Å²) in [5.74, 6) is 0.349. The molecule has 0 aliphatic carbocycles. The highest BCUT2D eigenvalue weighted by Gasteiger charge is 2.30. The highest BCUT2D eigenvalue weighted by atomic mass is 35.5. The minimum Gasteiger partial charge on any atom is -0.493 e. The van der Waals surface area contributed by atoms with Gasteiger partial charge in [-0.05, 0) is 49.9 Å². The largest absolute Gasteiger partial charge is 0.493 e. The summed E-state index contributed by atoms with van der Waals surface area (Å²) in [6.45, 7) is 3.63. The summed E-state index contributed by atoms with van der Waals surface area (Å²) in [6, 6.07) is 11.9. The number of carbonyl (C=O) groups is 2. The van der Waals surface area contributed by atoms with Gasteiger partial charge in [0.15, 0.2) is 5.75 Å². The summed E-state index contributed by atoms with van der Waals surface area (Å²) < 4.78 is 5.80. The zero-order valence-electron chi connectivity index (χ0n) is 20.8. The van der Waals surface area contributed by atoms with Crippen LogP contribution < -0.4 is 10.1 Å². The number of hydrogen-bond acceptors (Lipinski definition) is 5. The molecule has 1 aliphatic rings. The number of para-hydroxylation sites is 1. The first-order valence-electron chi connectivity index (χ1n) is 12.4. The van der Waals surface area contributed by atoms with E-state index in [1.807, 2.05) is 48.4 Å². The lowest BCUT2D eigenvalue weighted by Crippen LogP contribution is -2.38. The van der Waals surface area contributed by atoms with E-state index in [9.17, 15) is 9.59 Å². The maximum absolute atomic E-state index is 13.2. The van der Waals surface area contributed by atoms with Gasteiger partial charge in [-0.2, -0.15) is 0 Å². The number of pyridine rings is 1. The Morgan fingerprint density at radius 3 is 2.76 bits per heavy atom. The Morgan fingerprint density at radius 1 is 1.19 bits per heavy atom. The Morgan fingerprint density at radius 2 is 1.97 bits per heavy atom. The second-order valence-corrected chi connectivity index (χ2v) is 10.8. The molecule has 0 bridgehead atoms. The average molecular weight is 537 g/mol. The Labute approximate surface area is 224 Å². The molecule has 5 rings (SSSR count). The van der Waals surface area contributed by atoms with Crippen LogP contribution in [0, 0.1) is 6.92 Å². The maximum atomic E-state index is 13.2. The van der Waals surface area contributed by atoms with Gasteiger partial charge in [0.2, 0.25) is 0 Å². The van der Waals surface area contributed by atoms with E-state index in [0.717, 1.165) is 36.2 Å². The Kier molecular flexibility index (Phi) is 7.48. The lowest BCUT2D eigenvalue weighted by atomic mass is 9.89. The molecule has 0 saturated carbocycles. The number of nitrogens with one attached hydrogen (secondary N) is 2. The van der Waals surface area contributed by atoms with Gasteiger partial charge in [0.05, 0.1) is 23.9 Å². The molecule has 1 saturated heterocycles. The molecule has 0 spiro atoms. The van der Waals surface area contributed by atoms with Gasteiger partial charge in [0.25, 0.3) is 11.8 Å². The fraction of sp³-hybridized carbons (Fsp3) is 0.321. The number of methoxy groups -OCH3 is 1. The highest BCUT2D eigenvalue weighted by molar-refractivity contribution is 7.15. The van der Waals surface area contributed by atoms with E-state index in [4.69, 9.17) is 21.3 Å². The number of halogens is 1. The van der Waals surface area contributed by atoms with Crippen LogP contribution in [0.4, 0.5) is 0 Å². The molecule has 9 heteroatoms. The average Bonchev–Trinajstić information content (AvgIpc) is 3.51. The number of likely N-dealkylation sites (tertiary alicyclic amines) is 1. The predicted octanol–water partition coefficient (Wildman–Crippen LogP) is 5.59. The number of piperidine rings is 1. The van der Waals surface area contributed by atoms with E-state index in [1.54, 1.807) is 5.38 Å². The van der Waals surface area contributed by atoms with Crippen molar-refractivity contribution < 1.29 is 14.3 Å². The van der Waals surface area contributed by atoms with E-state index in [0.29, 0.717) is 40.8 Å². The smallest absolute Gasteiger partial charge is 0.258 e. The molecular formula is C28H29ClN4O3S. The number of aryl methyl sites for hydroxylation is 1. The molecule has 1 aromatic carbocycles. The number of carbonyl (C=O) groups excluding carboxylic acids is 2. The van der Waals surface area contributed by atoms with Crippen molar-refractivity contribution in [1.82, 2.24) is 20.2 Å². The molecular weight excluding hydrogens is 508 g/mol. The van der Waals surface area contributed by atoms with E-state index in [1.165, 1.54) is 29.4 Å². The van der Waals surface area contributed by atoms with E-state index < -0.39 is 0 Å². The first-order valence-corrected chi connectivity index (χ1v) is 13.6. The van der Waals surface area contributed by atoms with Crippen molar-refractivity contribution in [2.24, 2.45) is 0 Å². The molecule has 0 unspecified atom stereocenters. The van der Waals surface area contributed by atoms with Crippen LogP contribution in [0.25, 0.3) is 10.9 Å². The third kappa shape index (κ3) is 5.22. The minimum absolute atomic E-state index is 0.0779. The topological polar surface area (TPSA) is 87.3 Å². The third-order valence-corrected chi connectivity index (χ3v) is 8.15. The summed E-state index contributed by atoms with van der Waals surface area (Å²) >= 11 is 7.45. The first kappa shape index (κ1) is 25.3. The first-order chi connectivity index (χ1) is 18.0.